The Kier molecular flexibility index (Phi) is 2.82. The summed E-state index contributed by atoms with van der Waals surface area (Å²) in [6, 6.07) is 8.14. The largest absolute Gasteiger partial charge is 0.383 e. The van der Waals surface area contributed by atoms with E-state index in [1.165, 1.54) is 23.7 Å². The average molecular weight is 223 g/mol. The Morgan fingerprint density at radius 3 is 2.67 bits per heavy atom. The van der Waals surface area contributed by atoms with Gasteiger partial charge in [0.2, 0.25) is 0 Å². The monoisotopic (exact) mass is 223 g/mol. The third-order valence-electron chi connectivity index (χ3n) is 1.91. The molecule has 2 aromatic rings. The van der Waals surface area contributed by atoms with Gasteiger partial charge in [0, 0.05) is 12.6 Å². The van der Waals surface area contributed by atoms with Crippen molar-refractivity contribution in [1.29, 1.82) is 0 Å². The number of nitrogen functional groups attached to an aromatic ring is 1. The quantitative estimate of drug-likeness (QED) is 0.840. The van der Waals surface area contributed by atoms with Gasteiger partial charge >= 0.3 is 0 Å². The minimum absolute atomic E-state index is 0.221. The summed E-state index contributed by atoms with van der Waals surface area (Å²) in [5.41, 5.74) is 6.49. The van der Waals surface area contributed by atoms with Crippen LogP contribution in [-0.4, -0.2) is 4.37 Å². The molecule has 0 unspecified atom stereocenters. The number of nitrogens with zero attached hydrogens (tertiary/aromatic N) is 1. The van der Waals surface area contributed by atoms with Crippen LogP contribution in [0.3, 0.4) is 0 Å². The van der Waals surface area contributed by atoms with Crippen LogP contribution >= 0.6 is 11.5 Å². The van der Waals surface area contributed by atoms with Crippen molar-refractivity contribution in [2.24, 2.45) is 0 Å². The van der Waals surface area contributed by atoms with Crippen molar-refractivity contribution in [2.45, 2.75) is 6.54 Å². The van der Waals surface area contributed by atoms with E-state index in [0.29, 0.717) is 12.4 Å². The van der Waals surface area contributed by atoms with E-state index in [0.717, 1.165) is 10.6 Å². The highest BCUT2D eigenvalue weighted by molar-refractivity contribution is 7.10. The fourth-order valence-corrected chi connectivity index (χ4v) is 1.73. The zero-order valence-electron chi connectivity index (χ0n) is 7.90. The molecule has 5 heteroatoms. The zero-order chi connectivity index (χ0) is 10.7. The van der Waals surface area contributed by atoms with Gasteiger partial charge in [0.25, 0.3) is 0 Å². The van der Waals surface area contributed by atoms with E-state index in [2.05, 4.69) is 9.69 Å². The molecule has 1 heterocycles. The van der Waals surface area contributed by atoms with Gasteiger partial charge in [-0.15, -0.1) is 0 Å². The van der Waals surface area contributed by atoms with Crippen LogP contribution in [0.25, 0.3) is 0 Å². The molecule has 1 aromatic heterocycles. The molecule has 0 aliphatic rings. The summed E-state index contributed by atoms with van der Waals surface area (Å²) < 4.78 is 16.5. The van der Waals surface area contributed by atoms with E-state index in [9.17, 15) is 4.39 Å². The third kappa shape index (κ3) is 2.66. The van der Waals surface area contributed by atoms with Crippen molar-refractivity contribution in [3.63, 3.8) is 0 Å². The van der Waals surface area contributed by atoms with Gasteiger partial charge in [0.15, 0.2) is 0 Å². The molecule has 0 saturated carbocycles. The van der Waals surface area contributed by atoms with Crippen LogP contribution in [0.5, 0.6) is 0 Å². The van der Waals surface area contributed by atoms with Crippen molar-refractivity contribution >= 4 is 22.4 Å². The highest BCUT2D eigenvalue weighted by atomic mass is 32.1. The summed E-state index contributed by atoms with van der Waals surface area (Å²) in [4.78, 5) is 0. The number of aromatic nitrogens is 1. The summed E-state index contributed by atoms with van der Waals surface area (Å²) >= 11 is 1.31. The Hall–Kier alpha value is -1.62. The van der Waals surface area contributed by atoms with Crippen LogP contribution in [0, 0.1) is 5.82 Å². The van der Waals surface area contributed by atoms with Crippen LogP contribution in [0.1, 0.15) is 5.56 Å². The molecule has 15 heavy (non-hydrogen) atoms. The lowest BCUT2D eigenvalue weighted by Gasteiger charge is -2.02. The number of nitrogens with two attached hydrogens (primary N) is 1. The van der Waals surface area contributed by atoms with E-state index in [1.807, 2.05) is 0 Å². The SMILES string of the molecule is Nc1cc(NCc2ccc(F)cc2)sn1. The van der Waals surface area contributed by atoms with Gasteiger partial charge < -0.3 is 11.1 Å². The van der Waals surface area contributed by atoms with E-state index >= 15 is 0 Å². The first kappa shape index (κ1) is 9.92. The maximum atomic E-state index is 12.6. The fraction of sp³-hybridized carbons (Fsp3) is 0.100. The van der Waals surface area contributed by atoms with E-state index in [4.69, 9.17) is 5.73 Å². The predicted octanol–water partition coefficient (Wildman–Crippen LogP) is 2.48. The standard InChI is InChI=1S/C10H10FN3S/c11-8-3-1-7(2-4-8)6-13-10-5-9(12)14-15-10/h1-5,13H,6H2,(H2,12,14). The number of benzene rings is 1. The first-order valence-electron chi connectivity index (χ1n) is 4.44. The predicted molar refractivity (Wildman–Crippen MR) is 60.3 cm³/mol. The average Bonchev–Trinajstić information content (AvgIpc) is 2.64. The lowest BCUT2D eigenvalue weighted by molar-refractivity contribution is 0.627. The highest BCUT2D eigenvalue weighted by Gasteiger charge is 1.98. The topological polar surface area (TPSA) is 50.9 Å². The summed E-state index contributed by atoms with van der Waals surface area (Å²) in [5.74, 6) is 0.294. The molecule has 78 valence electrons. The number of rotatable bonds is 3. The smallest absolute Gasteiger partial charge is 0.139 e. The van der Waals surface area contributed by atoms with Gasteiger partial charge in [-0.25, -0.2) is 4.39 Å². The molecule has 0 amide bonds. The van der Waals surface area contributed by atoms with Crippen molar-refractivity contribution in [2.75, 3.05) is 11.1 Å². The normalized spacial score (nSPS) is 10.2. The Bertz CT molecular complexity index is 438. The minimum atomic E-state index is -0.221. The van der Waals surface area contributed by atoms with Gasteiger partial charge in [-0.1, -0.05) is 12.1 Å². The summed E-state index contributed by atoms with van der Waals surface area (Å²) in [7, 11) is 0. The lowest BCUT2D eigenvalue weighted by Crippen LogP contribution is -1.97. The molecule has 0 spiro atoms. The van der Waals surface area contributed by atoms with Crippen molar-refractivity contribution in [3.05, 3.63) is 41.7 Å². The van der Waals surface area contributed by atoms with Crippen LogP contribution in [0.4, 0.5) is 15.2 Å². The number of halogens is 1. The van der Waals surface area contributed by atoms with Crippen molar-refractivity contribution in [1.82, 2.24) is 4.37 Å². The van der Waals surface area contributed by atoms with E-state index in [-0.39, 0.29) is 5.82 Å². The Morgan fingerprint density at radius 2 is 2.07 bits per heavy atom. The van der Waals surface area contributed by atoms with Gasteiger partial charge in [0.05, 0.1) is 0 Å². The summed E-state index contributed by atoms with van der Waals surface area (Å²) in [5, 5.41) is 4.07. The molecule has 0 bridgehead atoms. The summed E-state index contributed by atoms with van der Waals surface area (Å²) in [6.07, 6.45) is 0. The van der Waals surface area contributed by atoms with Crippen LogP contribution in [0.2, 0.25) is 0 Å². The van der Waals surface area contributed by atoms with Gasteiger partial charge in [-0.2, -0.15) is 4.37 Å². The van der Waals surface area contributed by atoms with Gasteiger partial charge in [-0.3, -0.25) is 0 Å². The molecule has 0 fully saturated rings. The molecule has 2 rings (SSSR count). The van der Waals surface area contributed by atoms with Gasteiger partial charge in [0.1, 0.15) is 16.6 Å². The first-order chi connectivity index (χ1) is 7.24. The fourth-order valence-electron chi connectivity index (χ4n) is 1.16. The molecule has 3 nitrogen and oxygen atoms in total. The second-order valence-corrected chi connectivity index (χ2v) is 3.90. The zero-order valence-corrected chi connectivity index (χ0v) is 8.72. The number of hydrogen-bond donors (Lipinski definition) is 2. The Balaban J connectivity index is 1.96. The van der Waals surface area contributed by atoms with Crippen LogP contribution in [-0.2, 0) is 6.54 Å². The molecule has 0 aliphatic heterocycles. The third-order valence-corrected chi connectivity index (χ3v) is 2.67. The Morgan fingerprint density at radius 1 is 1.33 bits per heavy atom. The van der Waals surface area contributed by atoms with Gasteiger partial charge in [-0.05, 0) is 29.2 Å². The number of nitrogens with one attached hydrogen (secondary N) is 1. The molecular weight excluding hydrogens is 213 g/mol. The lowest BCUT2D eigenvalue weighted by atomic mass is 10.2. The minimum Gasteiger partial charge on any atom is -0.383 e. The van der Waals surface area contributed by atoms with Crippen molar-refractivity contribution < 1.29 is 4.39 Å². The van der Waals surface area contributed by atoms with Crippen LogP contribution in [0.15, 0.2) is 30.3 Å². The highest BCUT2D eigenvalue weighted by Crippen LogP contribution is 2.18. The molecule has 3 N–H and O–H groups in total. The molecule has 0 atom stereocenters. The number of hydrogen-bond acceptors (Lipinski definition) is 4. The second kappa shape index (κ2) is 4.27. The van der Waals surface area contributed by atoms with E-state index < -0.39 is 0 Å². The number of anilines is 2. The summed E-state index contributed by atoms with van der Waals surface area (Å²) in [6.45, 7) is 0.641. The molecule has 0 aliphatic carbocycles. The first-order valence-corrected chi connectivity index (χ1v) is 5.22. The molecule has 0 radical (unpaired) electrons. The van der Waals surface area contributed by atoms with Crippen LogP contribution < -0.4 is 11.1 Å². The van der Waals surface area contributed by atoms with Crippen molar-refractivity contribution in [3.8, 4) is 0 Å². The second-order valence-electron chi connectivity index (χ2n) is 3.10. The maximum Gasteiger partial charge on any atom is 0.139 e. The molecule has 1 aromatic carbocycles. The maximum absolute atomic E-state index is 12.6. The van der Waals surface area contributed by atoms with E-state index in [1.54, 1.807) is 18.2 Å². The molecular formula is C10H10FN3S. The molecule has 0 saturated heterocycles. The Labute approximate surface area is 90.9 Å².